The molecule has 0 saturated carbocycles. The SMILES string of the molecule is Nc1ccc([N+]([O-])=Cc2ccc(Cl)cc2)cc1. The molecular formula is C13H11ClN2O. The molecule has 0 heterocycles. The molecule has 3 nitrogen and oxygen atoms in total. The predicted octanol–water partition coefficient (Wildman–Crippen LogP) is 3.18. The van der Waals surface area contributed by atoms with Gasteiger partial charge >= 0.3 is 0 Å². The fourth-order valence-electron chi connectivity index (χ4n) is 1.38. The van der Waals surface area contributed by atoms with Gasteiger partial charge in [0.15, 0.2) is 6.21 Å². The topological polar surface area (TPSA) is 52.1 Å². The predicted molar refractivity (Wildman–Crippen MR) is 70.8 cm³/mol. The molecule has 0 atom stereocenters. The van der Waals surface area contributed by atoms with Crippen molar-refractivity contribution in [3.63, 3.8) is 0 Å². The lowest BCUT2D eigenvalue weighted by Gasteiger charge is -2.03. The molecule has 0 fully saturated rings. The van der Waals surface area contributed by atoms with Crippen LogP contribution in [0.5, 0.6) is 0 Å². The molecule has 0 unspecified atom stereocenters. The third-order valence-electron chi connectivity index (χ3n) is 2.28. The van der Waals surface area contributed by atoms with E-state index in [2.05, 4.69) is 0 Å². The second-order valence-corrected chi connectivity index (χ2v) is 4.03. The summed E-state index contributed by atoms with van der Waals surface area (Å²) in [6.07, 6.45) is 1.49. The fraction of sp³-hybridized carbons (Fsp3) is 0. The Morgan fingerprint density at radius 3 is 2.18 bits per heavy atom. The normalized spacial score (nSPS) is 11.5. The summed E-state index contributed by atoms with van der Waals surface area (Å²) < 4.78 is 0.794. The van der Waals surface area contributed by atoms with Gasteiger partial charge in [0.2, 0.25) is 5.69 Å². The molecule has 4 heteroatoms. The van der Waals surface area contributed by atoms with Gasteiger partial charge in [-0.1, -0.05) is 11.6 Å². The van der Waals surface area contributed by atoms with Crippen molar-refractivity contribution in [2.45, 2.75) is 0 Å². The van der Waals surface area contributed by atoms with Crippen molar-refractivity contribution >= 4 is 29.2 Å². The molecule has 2 aromatic carbocycles. The Morgan fingerprint density at radius 1 is 1.00 bits per heavy atom. The zero-order chi connectivity index (χ0) is 12.3. The van der Waals surface area contributed by atoms with Crippen LogP contribution in [-0.4, -0.2) is 11.0 Å². The van der Waals surface area contributed by atoms with Crippen LogP contribution in [0.15, 0.2) is 48.5 Å². The second-order valence-electron chi connectivity index (χ2n) is 3.60. The van der Waals surface area contributed by atoms with E-state index in [1.165, 1.54) is 6.21 Å². The lowest BCUT2D eigenvalue weighted by molar-refractivity contribution is -0.354. The first-order valence-electron chi connectivity index (χ1n) is 5.07. The molecule has 0 saturated heterocycles. The molecule has 0 aliphatic heterocycles. The molecular weight excluding hydrogens is 236 g/mol. The highest BCUT2D eigenvalue weighted by molar-refractivity contribution is 6.30. The summed E-state index contributed by atoms with van der Waals surface area (Å²) in [6, 6.07) is 13.8. The van der Waals surface area contributed by atoms with E-state index in [0.717, 1.165) is 10.3 Å². The van der Waals surface area contributed by atoms with Gasteiger partial charge in [0.25, 0.3) is 0 Å². The molecule has 0 radical (unpaired) electrons. The zero-order valence-electron chi connectivity index (χ0n) is 9.01. The van der Waals surface area contributed by atoms with Crippen LogP contribution in [0.25, 0.3) is 0 Å². The quantitative estimate of drug-likeness (QED) is 0.291. The van der Waals surface area contributed by atoms with Crippen LogP contribution in [0.1, 0.15) is 5.56 Å². The molecule has 0 amide bonds. The number of benzene rings is 2. The van der Waals surface area contributed by atoms with E-state index in [4.69, 9.17) is 17.3 Å². The number of nitrogens with zero attached hydrogens (tertiary/aromatic N) is 1. The first-order chi connectivity index (χ1) is 8.15. The van der Waals surface area contributed by atoms with Crippen LogP contribution in [0.2, 0.25) is 5.02 Å². The Bertz CT molecular complexity index is 532. The average molecular weight is 247 g/mol. The summed E-state index contributed by atoms with van der Waals surface area (Å²) in [5.74, 6) is 0. The standard InChI is InChI=1S/C13H11ClN2O/c14-11-3-1-10(2-4-11)9-16(17)13-7-5-12(15)6-8-13/h1-9H,15H2. The van der Waals surface area contributed by atoms with Gasteiger partial charge in [0.05, 0.1) is 0 Å². The van der Waals surface area contributed by atoms with Crippen LogP contribution >= 0.6 is 11.6 Å². The summed E-state index contributed by atoms with van der Waals surface area (Å²) in [7, 11) is 0. The Balaban J connectivity index is 2.27. The Kier molecular flexibility index (Phi) is 3.30. The van der Waals surface area contributed by atoms with Crippen molar-refractivity contribution in [3.8, 4) is 0 Å². The maximum Gasteiger partial charge on any atom is 0.216 e. The Morgan fingerprint density at radius 2 is 1.59 bits per heavy atom. The van der Waals surface area contributed by atoms with Gasteiger partial charge in [0, 0.05) is 28.4 Å². The minimum Gasteiger partial charge on any atom is -0.618 e. The first kappa shape index (κ1) is 11.5. The molecule has 0 aromatic heterocycles. The third-order valence-corrected chi connectivity index (χ3v) is 2.54. The molecule has 17 heavy (non-hydrogen) atoms. The largest absolute Gasteiger partial charge is 0.618 e. The second kappa shape index (κ2) is 4.89. The number of nitrogen functional groups attached to an aromatic ring is 1. The lowest BCUT2D eigenvalue weighted by atomic mass is 10.2. The number of halogens is 1. The van der Waals surface area contributed by atoms with Crippen LogP contribution in [0, 0.1) is 5.21 Å². The maximum absolute atomic E-state index is 11.8. The van der Waals surface area contributed by atoms with E-state index in [9.17, 15) is 5.21 Å². The van der Waals surface area contributed by atoms with Crippen LogP contribution < -0.4 is 5.73 Å². The van der Waals surface area contributed by atoms with Gasteiger partial charge in [-0.25, -0.2) is 0 Å². The summed E-state index contributed by atoms with van der Waals surface area (Å²) >= 11 is 5.76. The van der Waals surface area contributed by atoms with Crippen molar-refractivity contribution in [2.75, 3.05) is 5.73 Å². The van der Waals surface area contributed by atoms with Crippen LogP contribution in [0.3, 0.4) is 0 Å². The van der Waals surface area contributed by atoms with Crippen molar-refractivity contribution < 1.29 is 4.74 Å². The number of nitrogens with two attached hydrogens (primary N) is 1. The lowest BCUT2D eigenvalue weighted by Crippen LogP contribution is -1.98. The van der Waals surface area contributed by atoms with Crippen LogP contribution in [0.4, 0.5) is 11.4 Å². The molecule has 2 aromatic rings. The number of hydrogen-bond acceptors (Lipinski definition) is 2. The molecule has 0 bridgehead atoms. The minimum absolute atomic E-state index is 0.536. The highest BCUT2D eigenvalue weighted by Gasteiger charge is 2.01. The summed E-state index contributed by atoms with van der Waals surface area (Å²) in [5.41, 5.74) is 7.51. The number of hydrogen-bond donors (Lipinski definition) is 1. The maximum atomic E-state index is 11.8. The zero-order valence-corrected chi connectivity index (χ0v) is 9.76. The fourth-order valence-corrected chi connectivity index (χ4v) is 1.51. The summed E-state index contributed by atoms with van der Waals surface area (Å²) in [6.45, 7) is 0. The first-order valence-corrected chi connectivity index (χ1v) is 5.45. The molecule has 0 aliphatic rings. The number of rotatable bonds is 2. The van der Waals surface area contributed by atoms with E-state index in [-0.39, 0.29) is 0 Å². The molecule has 0 aliphatic carbocycles. The van der Waals surface area contributed by atoms with Crippen molar-refractivity contribution in [3.05, 3.63) is 64.3 Å². The molecule has 2 rings (SSSR count). The van der Waals surface area contributed by atoms with E-state index < -0.39 is 0 Å². The summed E-state index contributed by atoms with van der Waals surface area (Å²) in [4.78, 5) is 0. The van der Waals surface area contributed by atoms with E-state index in [0.29, 0.717) is 16.4 Å². The van der Waals surface area contributed by atoms with Crippen molar-refractivity contribution in [2.24, 2.45) is 0 Å². The Labute approximate surface area is 104 Å². The van der Waals surface area contributed by atoms with Gasteiger partial charge in [-0.3, -0.25) is 0 Å². The minimum atomic E-state index is 0.536. The van der Waals surface area contributed by atoms with Crippen molar-refractivity contribution in [1.29, 1.82) is 0 Å². The van der Waals surface area contributed by atoms with Gasteiger partial charge in [-0.2, -0.15) is 4.74 Å². The van der Waals surface area contributed by atoms with Crippen LogP contribution in [-0.2, 0) is 0 Å². The van der Waals surface area contributed by atoms with Gasteiger partial charge in [-0.05, 0) is 36.4 Å². The van der Waals surface area contributed by atoms with E-state index in [1.807, 2.05) is 0 Å². The number of anilines is 1. The highest BCUT2D eigenvalue weighted by atomic mass is 35.5. The highest BCUT2D eigenvalue weighted by Crippen LogP contribution is 2.14. The monoisotopic (exact) mass is 246 g/mol. The molecule has 2 N–H and O–H groups in total. The Hall–Kier alpha value is -2.00. The smallest absolute Gasteiger partial charge is 0.216 e. The average Bonchev–Trinajstić information content (AvgIpc) is 2.33. The molecule has 0 spiro atoms. The van der Waals surface area contributed by atoms with E-state index in [1.54, 1.807) is 48.5 Å². The van der Waals surface area contributed by atoms with Gasteiger partial charge in [-0.15, -0.1) is 0 Å². The van der Waals surface area contributed by atoms with Gasteiger partial charge in [0.1, 0.15) is 0 Å². The van der Waals surface area contributed by atoms with Crippen molar-refractivity contribution in [1.82, 2.24) is 0 Å². The van der Waals surface area contributed by atoms with E-state index >= 15 is 0 Å². The third kappa shape index (κ3) is 2.98. The molecule has 86 valence electrons. The summed E-state index contributed by atoms with van der Waals surface area (Å²) in [5, 5.41) is 12.4. The van der Waals surface area contributed by atoms with Gasteiger partial charge < -0.3 is 10.9 Å².